The minimum Gasteiger partial charge on any atom is -0.483 e. The normalized spacial score (nSPS) is 11.1. The Kier molecular flexibility index (Phi) is 10.3. The monoisotopic (exact) mass is 254 g/mol. The van der Waals surface area contributed by atoms with E-state index in [4.69, 9.17) is 4.74 Å². The number of carbonyl (C=O) groups excluding carboxylic acids is 2. The predicted octanol–water partition coefficient (Wildman–Crippen LogP) is 3.81. The zero-order valence-electron chi connectivity index (χ0n) is 11.9. The molecule has 0 saturated carbocycles. The van der Waals surface area contributed by atoms with Gasteiger partial charge in [0.25, 0.3) is 0 Å². The van der Waals surface area contributed by atoms with Crippen LogP contribution in [0.3, 0.4) is 0 Å². The van der Waals surface area contributed by atoms with Crippen LogP contribution in [0.4, 0.5) is 0 Å². The molecule has 0 radical (unpaired) electrons. The summed E-state index contributed by atoms with van der Waals surface area (Å²) in [7, 11) is 0. The van der Waals surface area contributed by atoms with E-state index in [9.17, 15) is 9.59 Å². The second kappa shape index (κ2) is 11.0. The summed E-state index contributed by atoms with van der Waals surface area (Å²) in [4.78, 5) is 22.1. The lowest BCUT2D eigenvalue weighted by Gasteiger charge is -2.08. The molecule has 0 N–H and O–H groups in total. The molecule has 0 unspecified atom stereocenters. The minimum atomic E-state index is -0.925. The van der Waals surface area contributed by atoms with Gasteiger partial charge in [-0.3, -0.25) is 9.59 Å². The van der Waals surface area contributed by atoms with Crippen molar-refractivity contribution in [2.75, 3.05) is 0 Å². The van der Waals surface area contributed by atoms with Gasteiger partial charge in [-0.05, 0) is 32.8 Å². The van der Waals surface area contributed by atoms with Crippen LogP contribution in [0.2, 0.25) is 0 Å². The highest BCUT2D eigenvalue weighted by Gasteiger charge is 2.18. The van der Waals surface area contributed by atoms with Crippen molar-refractivity contribution in [3.05, 3.63) is 12.3 Å². The van der Waals surface area contributed by atoms with Crippen LogP contribution >= 0.6 is 0 Å². The van der Waals surface area contributed by atoms with Crippen LogP contribution in [0.15, 0.2) is 12.3 Å². The summed E-state index contributed by atoms with van der Waals surface area (Å²) in [5.41, 5.74) is 0. The molecule has 0 aliphatic rings. The Labute approximate surface area is 111 Å². The molecule has 104 valence electrons. The molecule has 0 aliphatic carbocycles. The van der Waals surface area contributed by atoms with Gasteiger partial charge in [0.1, 0.15) is 0 Å². The number of Topliss-reactive ketones (excluding diaryl/α,β-unsaturated/α-hetero) is 2. The molecule has 0 rings (SSSR count). The van der Waals surface area contributed by atoms with Crippen molar-refractivity contribution in [3.8, 4) is 0 Å². The first kappa shape index (κ1) is 16.9. The van der Waals surface area contributed by atoms with Crippen molar-refractivity contribution in [1.82, 2.24) is 0 Å². The fourth-order valence-electron chi connectivity index (χ4n) is 1.72. The Morgan fingerprint density at radius 2 is 1.56 bits per heavy atom. The van der Waals surface area contributed by atoms with Crippen LogP contribution in [-0.2, 0) is 14.3 Å². The van der Waals surface area contributed by atoms with Gasteiger partial charge in [0.2, 0.25) is 6.10 Å². The maximum atomic E-state index is 11.1. The topological polar surface area (TPSA) is 43.4 Å². The van der Waals surface area contributed by atoms with Crippen molar-refractivity contribution in [1.29, 1.82) is 0 Å². The first-order valence-corrected chi connectivity index (χ1v) is 6.91. The van der Waals surface area contributed by atoms with Gasteiger partial charge >= 0.3 is 0 Å². The molecular weight excluding hydrogens is 228 g/mol. The molecule has 0 saturated heterocycles. The summed E-state index contributed by atoms with van der Waals surface area (Å²) in [5.74, 6) is -0.488. The number of carbonyl (C=O) groups is 2. The first-order chi connectivity index (χ1) is 8.59. The molecule has 0 aromatic heterocycles. The van der Waals surface area contributed by atoms with Gasteiger partial charge in [-0.2, -0.15) is 0 Å². The van der Waals surface area contributed by atoms with Crippen LogP contribution in [-0.4, -0.2) is 17.7 Å². The van der Waals surface area contributed by atoms with E-state index in [0.29, 0.717) is 0 Å². The Morgan fingerprint density at radius 3 is 2.11 bits per heavy atom. The molecule has 0 aliphatic heterocycles. The maximum absolute atomic E-state index is 11.1. The molecule has 0 amide bonds. The number of ether oxygens (including phenoxy) is 1. The van der Waals surface area contributed by atoms with Crippen molar-refractivity contribution >= 4 is 11.6 Å². The highest BCUT2D eigenvalue weighted by Crippen LogP contribution is 2.07. The Balaban J connectivity index is 3.58. The van der Waals surface area contributed by atoms with Gasteiger partial charge < -0.3 is 4.74 Å². The van der Waals surface area contributed by atoms with Crippen molar-refractivity contribution in [2.24, 2.45) is 0 Å². The minimum absolute atomic E-state index is 0.244. The van der Waals surface area contributed by atoms with Crippen LogP contribution in [0.5, 0.6) is 0 Å². The van der Waals surface area contributed by atoms with E-state index in [1.165, 1.54) is 52.2 Å². The summed E-state index contributed by atoms with van der Waals surface area (Å²) in [6, 6.07) is 0. The number of rotatable bonds is 11. The number of allylic oxidation sites excluding steroid dienone is 1. The number of unbranched alkanes of at least 4 members (excludes halogenated alkanes) is 6. The maximum Gasteiger partial charge on any atom is 0.213 e. The van der Waals surface area contributed by atoms with Gasteiger partial charge in [0.15, 0.2) is 11.6 Å². The van der Waals surface area contributed by atoms with E-state index >= 15 is 0 Å². The van der Waals surface area contributed by atoms with E-state index in [1.54, 1.807) is 0 Å². The Morgan fingerprint density at radius 1 is 1.00 bits per heavy atom. The smallest absolute Gasteiger partial charge is 0.213 e. The van der Waals surface area contributed by atoms with Gasteiger partial charge in [-0.15, -0.1) is 0 Å². The van der Waals surface area contributed by atoms with E-state index in [-0.39, 0.29) is 11.6 Å². The molecule has 0 fully saturated rings. The van der Waals surface area contributed by atoms with Crippen molar-refractivity contribution in [2.45, 2.75) is 71.8 Å². The van der Waals surface area contributed by atoms with Crippen molar-refractivity contribution < 1.29 is 14.3 Å². The Bertz CT molecular complexity index is 255. The Hall–Kier alpha value is -1.12. The standard InChI is InChI=1S/C15H26O3/c1-4-5-6-7-8-9-10-11-12-18-15(13(2)16)14(3)17/h11-12,15H,4-10H2,1-3H3. The zero-order chi connectivity index (χ0) is 13.8. The van der Waals surface area contributed by atoms with E-state index in [0.717, 1.165) is 12.8 Å². The molecule has 0 aromatic carbocycles. The fraction of sp³-hybridized carbons (Fsp3) is 0.733. The lowest BCUT2D eigenvalue weighted by molar-refractivity contribution is -0.136. The average molecular weight is 254 g/mol. The van der Waals surface area contributed by atoms with Crippen LogP contribution < -0.4 is 0 Å². The zero-order valence-corrected chi connectivity index (χ0v) is 11.9. The number of hydrogen-bond acceptors (Lipinski definition) is 3. The molecule has 0 aromatic rings. The lowest BCUT2D eigenvalue weighted by atomic mass is 10.1. The van der Waals surface area contributed by atoms with Crippen LogP contribution in [0, 0.1) is 0 Å². The van der Waals surface area contributed by atoms with Crippen LogP contribution in [0.1, 0.15) is 65.7 Å². The molecule has 3 heteroatoms. The van der Waals surface area contributed by atoms with Gasteiger partial charge in [0.05, 0.1) is 6.26 Å². The molecule has 0 atom stereocenters. The third kappa shape index (κ3) is 8.97. The molecule has 18 heavy (non-hydrogen) atoms. The quantitative estimate of drug-likeness (QED) is 0.320. The number of hydrogen-bond donors (Lipinski definition) is 0. The summed E-state index contributed by atoms with van der Waals surface area (Å²) in [5, 5.41) is 0. The number of ketones is 2. The third-order valence-electron chi connectivity index (χ3n) is 2.77. The fourth-order valence-corrected chi connectivity index (χ4v) is 1.72. The molecule has 0 spiro atoms. The van der Waals surface area contributed by atoms with E-state index < -0.39 is 6.10 Å². The predicted molar refractivity (Wildman–Crippen MR) is 73.4 cm³/mol. The van der Waals surface area contributed by atoms with E-state index in [1.807, 2.05) is 6.08 Å². The van der Waals surface area contributed by atoms with E-state index in [2.05, 4.69) is 6.92 Å². The first-order valence-electron chi connectivity index (χ1n) is 6.91. The lowest BCUT2D eigenvalue weighted by Crippen LogP contribution is -2.27. The van der Waals surface area contributed by atoms with Crippen LogP contribution in [0.25, 0.3) is 0 Å². The van der Waals surface area contributed by atoms with Crippen molar-refractivity contribution in [3.63, 3.8) is 0 Å². The summed E-state index contributed by atoms with van der Waals surface area (Å²) >= 11 is 0. The third-order valence-corrected chi connectivity index (χ3v) is 2.77. The summed E-state index contributed by atoms with van der Waals surface area (Å²) in [6.07, 6.45) is 10.9. The summed E-state index contributed by atoms with van der Waals surface area (Å²) in [6.45, 7) is 4.95. The highest BCUT2D eigenvalue weighted by molar-refractivity contribution is 6.03. The van der Waals surface area contributed by atoms with Gasteiger partial charge in [0, 0.05) is 0 Å². The molecular formula is C15H26O3. The average Bonchev–Trinajstić information content (AvgIpc) is 2.30. The largest absolute Gasteiger partial charge is 0.483 e. The molecule has 0 heterocycles. The second-order valence-electron chi connectivity index (χ2n) is 4.67. The van der Waals surface area contributed by atoms with Gasteiger partial charge in [-0.25, -0.2) is 0 Å². The molecule has 0 bridgehead atoms. The molecule has 3 nitrogen and oxygen atoms in total. The highest BCUT2D eigenvalue weighted by atomic mass is 16.5. The SMILES string of the molecule is CCCCCCCCC=COC(C(C)=O)C(C)=O. The summed E-state index contributed by atoms with van der Waals surface area (Å²) < 4.78 is 5.13. The van der Waals surface area contributed by atoms with Gasteiger partial charge in [-0.1, -0.05) is 39.0 Å². The second-order valence-corrected chi connectivity index (χ2v) is 4.67.